The fourth-order valence-electron chi connectivity index (χ4n) is 4.35. The summed E-state index contributed by atoms with van der Waals surface area (Å²) in [5.41, 5.74) is 6.59. The lowest BCUT2D eigenvalue weighted by Gasteiger charge is -2.17. The van der Waals surface area contributed by atoms with Gasteiger partial charge in [0.25, 0.3) is 11.5 Å². The van der Waals surface area contributed by atoms with Crippen molar-refractivity contribution in [3.63, 3.8) is 0 Å². The minimum Gasteiger partial charge on any atom is -0.489 e. The molecule has 2 heterocycles. The van der Waals surface area contributed by atoms with Gasteiger partial charge in [0, 0.05) is 4.88 Å². The number of hydrogen-bond donors (Lipinski definition) is 1. The van der Waals surface area contributed by atoms with Gasteiger partial charge in [0.2, 0.25) is 0 Å². The van der Waals surface area contributed by atoms with Crippen molar-refractivity contribution in [2.24, 2.45) is 11.0 Å². The molecule has 7 nitrogen and oxygen atoms in total. The Labute approximate surface area is 213 Å². The predicted molar refractivity (Wildman–Crippen MR) is 143 cm³/mol. The number of ether oxygens (including phenoxy) is 1. The van der Waals surface area contributed by atoms with E-state index in [4.69, 9.17) is 4.74 Å². The molecule has 2 aromatic carbocycles. The number of hydrazone groups is 1. The number of thiophene rings is 1. The first-order valence-electron chi connectivity index (χ1n) is 12.1. The Morgan fingerprint density at radius 3 is 2.78 bits per heavy atom. The summed E-state index contributed by atoms with van der Waals surface area (Å²) in [5.74, 6) is 0.994. The predicted octanol–water partition coefficient (Wildman–Crippen LogP) is 4.62. The Kier molecular flexibility index (Phi) is 6.95. The smallest absolute Gasteiger partial charge is 0.262 e. The van der Waals surface area contributed by atoms with Crippen LogP contribution in [0, 0.1) is 12.8 Å². The Bertz CT molecular complexity index is 1470. The van der Waals surface area contributed by atoms with E-state index in [1.807, 2.05) is 24.3 Å². The Morgan fingerprint density at radius 2 is 2.00 bits per heavy atom. The molecular formula is C28H28N4O3S. The highest BCUT2D eigenvalue weighted by Crippen LogP contribution is 2.35. The van der Waals surface area contributed by atoms with Gasteiger partial charge in [-0.15, -0.1) is 11.3 Å². The molecule has 36 heavy (non-hydrogen) atoms. The molecular weight excluding hydrogens is 472 g/mol. The Hall–Kier alpha value is -3.78. The van der Waals surface area contributed by atoms with E-state index in [0.717, 1.165) is 46.5 Å². The average Bonchev–Trinajstić information content (AvgIpc) is 3.24. The van der Waals surface area contributed by atoms with Crippen molar-refractivity contribution < 1.29 is 9.53 Å². The highest BCUT2D eigenvalue weighted by molar-refractivity contribution is 7.18. The number of benzene rings is 2. The normalized spacial score (nSPS) is 15.2. The SMILES string of the molecule is Cc1ccc(COc2ccc(C=NNC(=O)Cn3cnc4sc5c(c4c3=O)CCC(C)C5)cc2)cc1. The standard InChI is InChI=1S/C28H28N4O3S/c1-18-3-6-21(7-4-18)16-35-22-10-8-20(9-11-22)14-30-31-25(33)15-32-17-29-27-26(28(32)34)23-12-5-19(2)13-24(23)36-27/h3-4,6-11,14,17,19H,5,12-13,15-16H2,1-2H3,(H,31,33). The van der Waals surface area contributed by atoms with Gasteiger partial charge in [0.15, 0.2) is 0 Å². The maximum absolute atomic E-state index is 13.1. The van der Waals surface area contributed by atoms with Crippen LogP contribution in [0.1, 0.15) is 40.5 Å². The van der Waals surface area contributed by atoms with Crippen molar-refractivity contribution in [2.75, 3.05) is 0 Å². The van der Waals surface area contributed by atoms with Gasteiger partial charge in [0.1, 0.15) is 23.7 Å². The summed E-state index contributed by atoms with van der Waals surface area (Å²) in [6, 6.07) is 15.7. The molecule has 0 saturated heterocycles. The first kappa shape index (κ1) is 23.9. The third-order valence-electron chi connectivity index (χ3n) is 6.41. The number of aromatic nitrogens is 2. The van der Waals surface area contributed by atoms with Crippen LogP contribution in [-0.4, -0.2) is 21.7 Å². The van der Waals surface area contributed by atoms with E-state index in [2.05, 4.69) is 53.6 Å². The number of carbonyl (C=O) groups is 1. The Balaban J connectivity index is 1.17. The van der Waals surface area contributed by atoms with Gasteiger partial charge >= 0.3 is 0 Å². The number of amides is 1. The highest BCUT2D eigenvalue weighted by atomic mass is 32.1. The molecule has 0 fully saturated rings. The molecule has 184 valence electrons. The second-order valence-corrected chi connectivity index (χ2v) is 10.4. The monoisotopic (exact) mass is 500 g/mol. The summed E-state index contributed by atoms with van der Waals surface area (Å²) in [5, 5.41) is 4.70. The molecule has 1 N–H and O–H groups in total. The van der Waals surface area contributed by atoms with Crippen molar-refractivity contribution in [1.29, 1.82) is 0 Å². The number of fused-ring (bicyclic) bond motifs is 3. The van der Waals surface area contributed by atoms with Gasteiger partial charge in [-0.25, -0.2) is 10.4 Å². The molecule has 0 saturated carbocycles. The lowest BCUT2D eigenvalue weighted by molar-refractivity contribution is -0.121. The molecule has 0 aliphatic heterocycles. The summed E-state index contributed by atoms with van der Waals surface area (Å²) < 4.78 is 7.18. The van der Waals surface area contributed by atoms with E-state index < -0.39 is 0 Å². The van der Waals surface area contributed by atoms with Crippen LogP contribution in [0.15, 0.2) is 64.8 Å². The fourth-order valence-corrected chi connectivity index (χ4v) is 5.69. The van der Waals surface area contributed by atoms with Gasteiger partial charge in [0.05, 0.1) is 17.9 Å². The van der Waals surface area contributed by atoms with E-state index in [1.54, 1.807) is 17.6 Å². The number of aryl methyl sites for hydroxylation is 2. The minimum absolute atomic E-state index is 0.133. The van der Waals surface area contributed by atoms with Crippen LogP contribution in [0.3, 0.4) is 0 Å². The van der Waals surface area contributed by atoms with Crippen LogP contribution in [0.25, 0.3) is 10.2 Å². The number of nitrogens with zero attached hydrogens (tertiary/aromatic N) is 3. The zero-order valence-electron chi connectivity index (χ0n) is 20.4. The van der Waals surface area contributed by atoms with E-state index >= 15 is 0 Å². The molecule has 1 unspecified atom stereocenters. The van der Waals surface area contributed by atoms with Crippen LogP contribution in [0.4, 0.5) is 0 Å². The van der Waals surface area contributed by atoms with Gasteiger partial charge < -0.3 is 4.74 Å². The van der Waals surface area contributed by atoms with E-state index in [-0.39, 0.29) is 18.0 Å². The van der Waals surface area contributed by atoms with Crippen LogP contribution in [0.5, 0.6) is 5.75 Å². The van der Waals surface area contributed by atoms with Crippen LogP contribution in [-0.2, 0) is 30.8 Å². The molecule has 5 rings (SSSR count). The van der Waals surface area contributed by atoms with Crippen molar-refractivity contribution in [3.8, 4) is 5.75 Å². The van der Waals surface area contributed by atoms with Crippen LogP contribution < -0.4 is 15.7 Å². The molecule has 0 bridgehead atoms. The molecule has 1 amide bonds. The van der Waals surface area contributed by atoms with Gasteiger partial charge in [-0.3, -0.25) is 14.2 Å². The maximum Gasteiger partial charge on any atom is 0.262 e. The second-order valence-electron chi connectivity index (χ2n) is 9.35. The number of carbonyl (C=O) groups excluding carboxylic acids is 1. The van der Waals surface area contributed by atoms with Crippen LogP contribution in [0.2, 0.25) is 0 Å². The zero-order valence-corrected chi connectivity index (χ0v) is 21.2. The minimum atomic E-state index is -0.384. The maximum atomic E-state index is 13.1. The largest absolute Gasteiger partial charge is 0.489 e. The molecule has 2 aromatic heterocycles. The zero-order chi connectivity index (χ0) is 25.1. The summed E-state index contributed by atoms with van der Waals surface area (Å²) >= 11 is 1.60. The lowest BCUT2D eigenvalue weighted by atomic mass is 9.89. The fraction of sp³-hybridized carbons (Fsp3) is 0.286. The lowest BCUT2D eigenvalue weighted by Crippen LogP contribution is -2.30. The topological polar surface area (TPSA) is 85.6 Å². The van der Waals surface area contributed by atoms with E-state index in [1.165, 1.54) is 21.3 Å². The highest BCUT2D eigenvalue weighted by Gasteiger charge is 2.23. The molecule has 0 spiro atoms. The Morgan fingerprint density at radius 1 is 1.22 bits per heavy atom. The molecule has 0 radical (unpaired) electrons. The van der Waals surface area contributed by atoms with Crippen LogP contribution >= 0.6 is 11.3 Å². The molecule has 4 aromatic rings. The summed E-state index contributed by atoms with van der Waals surface area (Å²) in [6.07, 6.45) is 5.97. The first-order chi connectivity index (χ1) is 17.5. The van der Waals surface area contributed by atoms with E-state index in [0.29, 0.717) is 17.9 Å². The molecule has 1 atom stereocenters. The summed E-state index contributed by atoms with van der Waals surface area (Å²) in [6.45, 7) is 4.65. The molecule has 1 aliphatic rings. The van der Waals surface area contributed by atoms with Gasteiger partial charge in [-0.1, -0.05) is 36.8 Å². The third-order valence-corrected chi connectivity index (χ3v) is 7.57. The summed E-state index contributed by atoms with van der Waals surface area (Å²) in [4.78, 5) is 32.0. The van der Waals surface area contributed by atoms with Crippen molar-refractivity contribution in [1.82, 2.24) is 15.0 Å². The number of hydrogen-bond acceptors (Lipinski definition) is 6. The first-order valence-corrected chi connectivity index (χ1v) is 12.9. The summed E-state index contributed by atoms with van der Waals surface area (Å²) in [7, 11) is 0. The van der Waals surface area contributed by atoms with Gasteiger partial charge in [-0.05, 0) is 73.1 Å². The third kappa shape index (κ3) is 5.39. The van der Waals surface area contributed by atoms with Crippen molar-refractivity contribution in [3.05, 3.63) is 92.3 Å². The average molecular weight is 501 g/mol. The molecule has 8 heteroatoms. The van der Waals surface area contributed by atoms with Crippen molar-refractivity contribution in [2.45, 2.75) is 46.3 Å². The van der Waals surface area contributed by atoms with Crippen molar-refractivity contribution >= 4 is 33.7 Å². The molecule has 1 aliphatic carbocycles. The van der Waals surface area contributed by atoms with E-state index in [9.17, 15) is 9.59 Å². The van der Waals surface area contributed by atoms with Gasteiger partial charge in [-0.2, -0.15) is 5.10 Å². The second kappa shape index (κ2) is 10.5. The number of nitrogens with one attached hydrogen (secondary N) is 1. The number of rotatable bonds is 7. The quantitative estimate of drug-likeness (QED) is 0.296.